The minimum atomic E-state index is -0.356. The molecule has 0 bridgehead atoms. The van der Waals surface area contributed by atoms with Crippen molar-refractivity contribution in [1.82, 2.24) is 14.9 Å². The van der Waals surface area contributed by atoms with E-state index in [-0.39, 0.29) is 24.3 Å². The van der Waals surface area contributed by atoms with Gasteiger partial charge >= 0.3 is 5.97 Å². The third kappa shape index (κ3) is 5.60. The first-order valence-corrected chi connectivity index (χ1v) is 11.2. The van der Waals surface area contributed by atoms with E-state index in [4.69, 9.17) is 4.74 Å². The van der Waals surface area contributed by atoms with Gasteiger partial charge in [-0.3, -0.25) is 4.79 Å². The molecule has 0 spiro atoms. The summed E-state index contributed by atoms with van der Waals surface area (Å²) in [6, 6.07) is 10.9. The molecule has 1 aliphatic heterocycles. The number of ether oxygens (including phenoxy) is 1. The van der Waals surface area contributed by atoms with Crippen molar-refractivity contribution in [2.45, 2.75) is 39.5 Å². The molecule has 0 saturated carbocycles. The zero-order valence-corrected chi connectivity index (χ0v) is 19.8. The number of carbonyl (C=O) groups excluding carboxylic acids is 2. The number of halogens is 1. The highest BCUT2D eigenvalue weighted by Gasteiger charge is 2.23. The number of amides is 1. The van der Waals surface area contributed by atoms with E-state index in [0.29, 0.717) is 29.1 Å². The average Bonchev–Trinajstić information content (AvgIpc) is 3.09. The Morgan fingerprint density at radius 2 is 1.73 bits per heavy atom. The first-order valence-electron chi connectivity index (χ1n) is 11.2. The molecule has 1 fully saturated rings. The maximum Gasteiger partial charge on any atom is 0.338 e. The highest BCUT2D eigenvalue weighted by atomic mass is 35.5. The predicted octanol–water partition coefficient (Wildman–Crippen LogP) is 5.30. The summed E-state index contributed by atoms with van der Waals surface area (Å²) in [5.41, 5.74) is 3.90. The molecule has 1 aromatic carbocycles. The molecule has 3 aromatic rings. The van der Waals surface area contributed by atoms with Crippen molar-refractivity contribution in [3.63, 3.8) is 0 Å². The van der Waals surface area contributed by atoms with Crippen LogP contribution in [0.25, 0.3) is 11.0 Å². The second kappa shape index (κ2) is 11.1. The number of aryl methyl sites for hydroxylation is 1. The largest absolute Gasteiger partial charge is 0.462 e. The minimum Gasteiger partial charge on any atom is -0.462 e. The number of hydrogen-bond acceptors (Lipinski definition) is 6. The van der Waals surface area contributed by atoms with E-state index in [0.717, 1.165) is 55.5 Å². The zero-order chi connectivity index (χ0) is 22.5. The van der Waals surface area contributed by atoms with Crippen LogP contribution < -0.4 is 5.32 Å². The summed E-state index contributed by atoms with van der Waals surface area (Å²) in [7, 11) is 0. The molecule has 7 nitrogen and oxygen atoms in total. The van der Waals surface area contributed by atoms with Gasteiger partial charge in [-0.1, -0.05) is 12.8 Å². The van der Waals surface area contributed by atoms with Crippen LogP contribution in [0, 0.1) is 6.92 Å². The summed E-state index contributed by atoms with van der Waals surface area (Å²) < 4.78 is 5.06. The van der Waals surface area contributed by atoms with Crippen LogP contribution in [-0.4, -0.2) is 46.4 Å². The quantitative estimate of drug-likeness (QED) is 0.512. The molecule has 8 heteroatoms. The summed E-state index contributed by atoms with van der Waals surface area (Å²) in [5, 5.41) is 4.17. The van der Waals surface area contributed by atoms with Gasteiger partial charge in [0.15, 0.2) is 5.65 Å². The molecule has 0 atom stereocenters. The number of likely N-dealkylation sites (tertiary alicyclic amines) is 1. The molecule has 33 heavy (non-hydrogen) atoms. The van der Waals surface area contributed by atoms with Crippen molar-refractivity contribution in [3.8, 4) is 0 Å². The lowest BCUT2D eigenvalue weighted by atomic mass is 10.1. The molecular weight excluding hydrogens is 440 g/mol. The highest BCUT2D eigenvalue weighted by molar-refractivity contribution is 6.07. The van der Waals surface area contributed by atoms with Gasteiger partial charge in [-0.05, 0) is 63.1 Å². The first kappa shape index (κ1) is 24.5. The smallest absolute Gasteiger partial charge is 0.338 e. The summed E-state index contributed by atoms with van der Waals surface area (Å²) in [5.74, 6) is -0.377. The summed E-state index contributed by atoms with van der Waals surface area (Å²) in [6.45, 7) is 5.54. The fourth-order valence-electron chi connectivity index (χ4n) is 3.96. The Morgan fingerprint density at radius 1 is 1.03 bits per heavy atom. The molecule has 2 aromatic heterocycles. The Morgan fingerprint density at radius 3 is 2.39 bits per heavy atom. The number of aromatic nitrogens is 2. The molecule has 0 aliphatic carbocycles. The van der Waals surface area contributed by atoms with Gasteiger partial charge in [0, 0.05) is 36.1 Å². The number of nitrogens with zero attached hydrogens (tertiary/aromatic N) is 3. The summed E-state index contributed by atoms with van der Waals surface area (Å²) >= 11 is 0. The van der Waals surface area contributed by atoms with Crippen LogP contribution >= 0.6 is 12.4 Å². The van der Waals surface area contributed by atoms with Crippen molar-refractivity contribution in [1.29, 1.82) is 0 Å². The predicted molar refractivity (Wildman–Crippen MR) is 132 cm³/mol. The number of hydrogen-bond donors (Lipinski definition) is 1. The lowest BCUT2D eigenvalue weighted by Gasteiger charge is -2.22. The van der Waals surface area contributed by atoms with E-state index < -0.39 is 0 Å². The molecule has 0 unspecified atom stereocenters. The maximum atomic E-state index is 13.5. The molecular formula is C25H29ClN4O3. The molecule has 1 amide bonds. The maximum absolute atomic E-state index is 13.5. The lowest BCUT2D eigenvalue weighted by molar-refractivity contribution is 0.0526. The van der Waals surface area contributed by atoms with Crippen LogP contribution in [0.4, 0.5) is 11.4 Å². The van der Waals surface area contributed by atoms with E-state index in [9.17, 15) is 9.59 Å². The van der Waals surface area contributed by atoms with Gasteiger partial charge < -0.3 is 15.0 Å². The van der Waals surface area contributed by atoms with E-state index in [2.05, 4.69) is 15.3 Å². The third-order valence-electron chi connectivity index (χ3n) is 5.66. The fraction of sp³-hybridized carbons (Fsp3) is 0.360. The monoisotopic (exact) mass is 468 g/mol. The van der Waals surface area contributed by atoms with Crippen LogP contribution in [0.3, 0.4) is 0 Å². The Hall–Kier alpha value is -3.19. The SMILES string of the molecule is CCOC(=O)c1ccc(Nc2c(C(=O)N3CCCCCC3)cnc3nc(C)ccc23)cc1.Cl. The van der Waals surface area contributed by atoms with Gasteiger partial charge in [0.2, 0.25) is 0 Å². The van der Waals surface area contributed by atoms with Gasteiger partial charge in [-0.2, -0.15) is 0 Å². The molecule has 1 saturated heterocycles. The molecule has 1 aliphatic rings. The molecule has 174 valence electrons. The Balaban J connectivity index is 0.00000306. The van der Waals surface area contributed by atoms with E-state index in [1.165, 1.54) is 0 Å². The number of rotatable bonds is 5. The zero-order valence-electron chi connectivity index (χ0n) is 19.0. The van der Waals surface area contributed by atoms with E-state index in [1.54, 1.807) is 37.4 Å². The van der Waals surface area contributed by atoms with Crippen molar-refractivity contribution in [2.75, 3.05) is 25.0 Å². The number of pyridine rings is 2. The van der Waals surface area contributed by atoms with E-state index >= 15 is 0 Å². The third-order valence-corrected chi connectivity index (χ3v) is 5.66. The van der Waals surface area contributed by atoms with Crippen molar-refractivity contribution in [3.05, 3.63) is 59.4 Å². The Kier molecular flexibility index (Phi) is 8.22. The first-order chi connectivity index (χ1) is 15.6. The topological polar surface area (TPSA) is 84.4 Å². The number of nitrogens with one attached hydrogen (secondary N) is 1. The van der Waals surface area contributed by atoms with Crippen LogP contribution in [0.1, 0.15) is 59.0 Å². The molecule has 1 N–H and O–H groups in total. The molecule has 3 heterocycles. The van der Waals surface area contributed by atoms with E-state index in [1.807, 2.05) is 24.0 Å². The van der Waals surface area contributed by atoms with Gasteiger partial charge in [0.05, 0.1) is 23.4 Å². The van der Waals surface area contributed by atoms with Crippen molar-refractivity contribution >= 4 is 46.7 Å². The number of anilines is 2. The average molecular weight is 469 g/mol. The Labute approximate surface area is 200 Å². The minimum absolute atomic E-state index is 0. The van der Waals surface area contributed by atoms with Crippen LogP contribution in [0.15, 0.2) is 42.6 Å². The van der Waals surface area contributed by atoms with Gasteiger partial charge in [-0.25, -0.2) is 14.8 Å². The fourth-order valence-corrected chi connectivity index (χ4v) is 3.96. The number of fused-ring (bicyclic) bond motifs is 1. The summed E-state index contributed by atoms with van der Waals surface area (Å²) in [4.78, 5) is 36.3. The van der Waals surface area contributed by atoms with Crippen molar-refractivity contribution < 1.29 is 14.3 Å². The second-order valence-corrected chi connectivity index (χ2v) is 8.00. The van der Waals surface area contributed by atoms with Crippen molar-refractivity contribution in [2.24, 2.45) is 0 Å². The van der Waals surface area contributed by atoms with Crippen LogP contribution in [0.2, 0.25) is 0 Å². The summed E-state index contributed by atoms with van der Waals surface area (Å²) in [6.07, 6.45) is 5.97. The van der Waals surface area contributed by atoms with Gasteiger partial charge in [-0.15, -0.1) is 12.4 Å². The molecule has 4 rings (SSSR count). The number of benzene rings is 1. The van der Waals surface area contributed by atoms with Crippen LogP contribution in [0.5, 0.6) is 0 Å². The van der Waals surface area contributed by atoms with Gasteiger partial charge in [0.25, 0.3) is 5.91 Å². The van der Waals surface area contributed by atoms with Gasteiger partial charge in [0.1, 0.15) is 0 Å². The standard InChI is InChI=1S/C25H28N4O3.ClH/c1-3-32-25(31)18-9-11-19(12-10-18)28-22-20-13-8-17(2)27-23(20)26-16-21(22)24(30)29-14-6-4-5-7-15-29;/h8-13,16H,3-7,14-15H2,1-2H3,(H,26,27,28);1H. The number of esters is 1. The second-order valence-electron chi connectivity index (χ2n) is 8.00. The molecule has 0 radical (unpaired) electrons. The van der Waals surface area contributed by atoms with Crippen LogP contribution in [-0.2, 0) is 4.74 Å². The highest BCUT2D eigenvalue weighted by Crippen LogP contribution is 2.30. The number of carbonyl (C=O) groups is 2. The normalized spacial score (nSPS) is 13.7. The Bertz CT molecular complexity index is 1130. The lowest BCUT2D eigenvalue weighted by Crippen LogP contribution is -2.32.